The number of hydrogen-bond acceptors (Lipinski definition) is 1. The summed E-state index contributed by atoms with van der Waals surface area (Å²) in [6.45, 7) is 10.4. The predicted molar refractivity (Wildman–Crippen MR) is 51.9 cm³/mol. The van der Waals surface area contributed by atoms with Crippen LogP contribution in [0.25, 0.3) is 0 Å². The number of allylic oxidation sites excluding steroid dienone is 1. The lowest BCUT2D eigenvalue weighted by atomic mass is 10.1. The molecule has 1 aliphatic heterocycles. The molecule has 1 saturated heterocycles. The van der Waals surface area contributed by atoms with Crippen LogP contribution >= 0.6 is 0 Å². The number of nitrogens with one attached hydrogen (secondary N) is 1. The minimum Gasteiger partial charge on any atom is -0.348 e. The molecular weight excluding hydrogens is 150 g/mol. The molecule has 0 bridgehead atoms. The van der Waals surface area contributed by atoms with Crippen molar-refractivity contribution in [1.82, 2.24) is 5.32 Å². The Balaban J connectivity index is 0.000000561. The second-order valence-corrected chi connectivity index (χ2v) is 2.31. The highest BCUT2D eigenvalue weighted by Crippen LogP contribution is 2.13. The molecule has 0 aromatic carbocycles. The minimum atomic E-state index is 0.0202. The molecular formula is C10H17NO. The summed E-state index contributed by atoms with van der Waals surface area (Å²) in [5.74, 6) is 0.0202. The first-order valence-electron chi connectivity index (χ1n) is 4.42. The maximum absolute atomic E-state index is 10.9. The van der Waals surface area contributed by atoms with Gasteiger partial charge in [0.25, 0.3) is 5.91 Å². The van der Waals surface area contributed by atoms with Crippen molar-refractivity contribution in [3.63, 3.8) is 0 Å². The molecule has 2 nitrogen and oxygen atoms in total. The van der Waals surface area contributed by atoms with Crippen LogP contribution in [0.2, 0.25) is 0 Å². The molecule has 0 saturated carbocycles. The normalized spacial score (nSPS) is 18.8. The van der Waals surface area contributed by atoms with Crippen LogP contribution in [0.3, 0.4) is 0 Å². The van der Waals surface area contributed by atoms with E-state index in [1.807, 2.05) is 26.8 Å². The Morgan fingerprint density at radius 1 is 1.58 bits per heavy atom. The van der Waals surface area contributed by atoms with E-state index >= 15 is 0 Å². The van der Waals surface area contributed by atoms with Crippen molar-refractivity contribution in [1.29, 1.82) is 0 Å². The summed E-state index contributed by atoms with van der Waals surface area (Å²) < 4.78 is 0. The van der Waals surface area contributed by atoms with Crippen LogP contribution in [-0.2, 0) is 4.79 Å². The molecule has 68 valence electrons. The quantitative estimate of drug-likeness (QED) is 0.595. The van der Waals surface area contributed by atoms with Crippen LogP contribution in [0.5, 0.6) is 0 Å². The van der Waals surface area contributed by atoms with Crippen LogP contribution in [0, 0.1) is 0 Å². The maximum atomic E-state index is 10.9. The molecule has 0 spiro atoms. The third-order valence-corrected chi connectivity index (χ3v) is 1.50. The summed E-state index contributed by atoms with van der Waals surface area (Å²) in [6, 6.07) is 0. The Morgan fingerprint density at radius 2 is 2.17 bits per heavy atom. The molecule has 12 heavy (non-hydrogen) atoms. The van der Waals surface area contributed by atoms with Gasteiger partial charge in [-0.05, 0) is 12.0 Å². The lowest BCUT2D eigenvalue weighted by Crippen LogP contribution is -2.14. The van der Waals surface area contributed by atoms with Gasteiger partial charge in [-0.15, -0.1) is 0 Å². The molecule has 2 heteroatoms. The van der Waals surface area contributed by atoms with Crippen molar-refractivity contribution in [2.24, 2.45) is 0 Å². The molecule has 1 aliphatic rings. The third kappa shape index (κ3) is 2.53. The standard InChI is InChI=1S/C8H11NO.C2H6/c1-3-4-7-6(2)5-9-8(7)10;1-2/h4H,2-3,5H2,1H3,(H,9,10);1-2H3/b7-4+;. The molecule has 1 amide bonds. The highest BCUT2D eigenvalue weighted by Gasteiger charge is 2.18. The average Bonchev–Trinajstić information content (AvgIpc) is 2.40. The van der Waals surface area contributed by atoms with E-state index in [9.17, 15) is 4.79 Å². The Morgan fingerprint density at radius 3 is 2.50 bits per heavy atom. The lowest BCUT2D eigenvalue weighted by molar-refractivity contribution is -0.116. The van der Waals surface area contributed by atoms with Gasteiger partial charge in [-0.25, -0.2) is 0 Å². The zero-order valence-electron chi connectivity index (χ0n) is 8.11. The van der Waals surface area contributed by atoms with Gasteiger partial charge >= 0.3 is 0 Å². The van der Waals surface area contributed by atoms with Crippen LogP contribution in [0.15, 0.2) is 23.8 Å². The fourth-order valence-corrected chi connectivity index (χ4v) is 0.979. The Kier molecular flexibility index (Phi) is 5.09. The third-order valence-electron chi connectivity index (χ3n) is 1.50. The van der Waals surface area contributed by atoms with Crippen molar-refractivity contribution < 1.29 is 4.79 Å². The van der Waals surface area contributed by atoms with Gasteiger partial charge in [0.05, 0.1) is 0 Å². The molecule has 1 fully saturated rings. The van der Waals surface area contributed by atoms with Crippen LogP contribution < -0.4 is 5.32 Å². The fourth-order valence-electron chi connectivity index (χ4n) is 0.979. The number of hydrogen-bond donors (Lipinski definition) is 1. The molecule has 0 radical (unpaired) electrons. The first kappa shape index (κ1) is 11.0. The SMILES string of the molecule is C=C1CNC(=O)/C1=C/CC.CC. The molecule has 1 heterocycles. The monoisotopic (exact) mass is 167 g/mol. The van der Waals surface area contributed by atoms with Crippen molar-refractivity contribution in [2.75, 3.05) is 6.54 Å². The molecule has 0 aliphatic carbocycles. The summed E-state index contributed by atoms with van der Waals surface area (Å²) in [4.78, 5) is 10.9. The van der Waals surface area contributed by atoms with E-state index in [0.29, 0.717) is 6.54 Å². The van der Waals surface area contributed by atoms with Crippen molar-refractivity contribution in [3.05, 3.63) is 23.8 Å². The average molecular weight is 167 g/mol. The van der Waals surface area contributed by atoms with E-state index in [1.165, 1.54) is 0 Å². The summed E-state index contributed by atoms with van der Waals surface area (Å²) in [5.41, 5.74) is 1.68. The molecule has 0 aromatic heterocycles. The second kappa shape index (κ2) is 5.58. The largest absolute Gasteiger partial charge is 0.348 e. The predicted octanol–water partition coefficient (Wildman–Crippen LogP) is 2.04. The van der Waals surface area contributed by atoms with Crippen molar-refractivity contribution >= 4 is 5.91 Å². The summed E-state index contributed by atoms with van der Waals surface area (Å²) in [5, 5.41) is 2.70. The highest BCUT2D eigenvalue weighted by molar-refractivity contribution is 6.00. The fraction of sp³-hybridized carbons (Fsp3) is 0.500. The van der Waals surface area contributed by atoms with Gasteiger partial charge in [-0.2, -0.15) is 0 Å². The van der Waals surface area contributed by atoms with Gasteiger partial charge in [-0.1, -0.05) is 33.4 Å². The zero-order chi connectivity index (χ0) is 9.56. The van der Waals surface area contributed by atoms with E-state index in [0.717, 1.165) is 17.6 Å². The van der Waals surface area contributed by atoms with Gasteiger partial charge in [0.2, 0.25) is 0 Å². The van der Waals surface area contributed by atoms with E-state index in [-0.39, 0.29) is 5.91 Å². The highest BCUT2D eigenvalue weighted by atomic mass is 16.2. The smallest absolute Gasteiger partial charge is 0.251 e. The Bertz CT molecular complexity index is 186. The van der Waals surface area contributed by atoms with E-state index in [1.54, 1.807) is 0 Å². The van der Waals surface area contributed by atoms with Crippen molar-refractivity contribution in [3.8, 4) is 0 Å². The second-order valence-electron chi connectivity index (χ2n) is 2.31. The summed E-state index contributed by atoms with van der Waals surface area (Å²) in [6.07, 6.45) is 2.80. The van der Waals surface area contributed by atoms with Gasteiger partial charge in [-0.3, -0.25) is 4.79 Å². The first-order valence-corrected chi connectivity index (χ1v) is 4.42. The first-order chi connectivity index (χ1) is 5.75. The Labute approximate surface area is 74.4 Å². The van der Waals surface area contributed by atoms with Gasteiger partial charge in [0.15, 0.2) is 0 Å². The number of amides is 1. The summed E-state index contributed by atoms with van der Waals surface area (Å²) >= 11 is 0. The van der Waals surface area contributed by atoms with Crippen LogP contribution in [0.4, 0.5) is 0 Å². The van der Waals surface area contributed by atoms with E-state index in [2.05, 4.69) is 11.9 Å². The van der Waals surface area contributed by atoms with Gasteiger partial charge in [0.1, 0.15) is 0 Å². The van der Waals surface area contributed by atoms with Crippen LogP contribution in [0.1, 0.15) is 27.2 Å². The van der Waals surface area contributed by atoms with Crippen LogP contribution in [-0.4, -0.2) is 12.5 Å². The van der Waals surface area contributed by atoms with Crippen molar-refractivity contribution in [2.45, 2.75) is 27.2 Å². The number of carbonyl (C=O) groups excluding carboxylic acids is 1. The molecule has 0 unspecified atom stereocenters. The molecule has 1 N–H and O–H groups in total. The van der Waals surface area contributed by atoms with Gasteiger partial charge < -0.3 is 5.32 Å². The Hall–Kier alpha value is -1.05. The molecule has 1 rings (SSSR count). The van der Waals surface area contributed by atoms with E-state index in [4.69, 9.17) is 0 Å². The molecule has 0 atom stereocenters. The van der Waals surface area contributed by atoms with Gasteiger partial charge in [0, 0.05) is 12.1 Å². The molecule has 0 aromatic rings. The van der Waals surface area contributed by atoms with E-state index < -0.39 is 0 Å². The number of carbonyl (C=O) groups is 1. The number of rotatable bonds is 1. The lowest BCUT2D eigenvalue weighted by Gasteiger charge is -1.90. The topological polar surface area (TPSA) is 29.1 Å². The summed E-state index contributed by atoms with van der Waals surface area (Å²) in [7, 11) is 0. The minimum absolute atomic E-state index is 0.0202. The maximum Gasteiger partial charge on any atom is 0.251 e. The zero-order valence-corrected chi connectivity index (χ0v) is 8.11.